The number of Topliss-reactive ketones (excluding diaryl/α,β-unsaturated/α-hetero) is 1. The van der Waals surface area contributed by atoms with Crippen molar-refractivity contribution in [3.05, 3.63) is 76.6 Å². The topological polar surface area (TPSA) is 87.1 Å². The summed E-state index contributed by atoms with van der Waals surface area (Å²) in [6.45, 7) is 2.24. The van der Waals surface area contributed by atoms with Gasteiger partial charge in [0, 0.05) is 12.1 Å². The molecule has 158 valence electrons. The number of aryl methyl sites for hydroxylation is 1. The van der Waals surface area contributed by atoms with Crippen LogP contribution in [0.5, 0.6) is 0 Å². The summed E-state index contributed by atoms with van der Waals surface area (Å²) in [6, 6.07) is 11.8. The molecule has 1 aliphatic heterocycles. The average Bonchev–Trinajstić information content (AvgIpc) is 3.01. The Labute approximate surface area is 174 Å². The summed E-state index contributed by atoms with van der Waals surface area (Å²) in [6.07, 6.45) is 0.838. The Kier molecular flexibility index (Phi) is 6.97. The van der Waals surface area contributed by atoms with Gasteiger partial charge >= 0.3 is 0 Å². The van der Waals surface area contributed by atoms with Crippen LogP contribution in [0.1, 0.15) is 29.7 Å². The molecule has 3 rings (SSSR count). The highest BCUT2D eigenvalue weighted by molar-refractivity contribution is 6.46. The van der Waals surface area contributed by atoms with E-state index < -0.39 is 23.5 Å². The van der Waals surface area contributed by atoms with Crippen molar-refractivity contribution < 1.29 is 28.9 Å². The zero-order valence-corrected chi connectivity index (χ0v) is 16.7. The minimum absolute atomic E-state index is 0.0435. The highest BCUT2D eigenvalue weighted by Gasteiger charge is 2.45. The zero-order valence-electron chi connectivity index (χ0n) is 16.7. The number of likely N-dealkylation sites (tertiary alicyclic amines) is 1. The molecule has 0 aromatic heterocycles. The van der Waals surface area contributed by atoms with E-state index in [1.807, 2.05) is 31.2 Å². The number of ketones is 1. The van der Waals surface area contributed by atoms with Crippen LogP contribution in [0.2, 0.25) is 0 Å². The normalized spacial score (nSPS) is 18.2. The molecule has 2 aromatic rings. The van der Waals surface area contributed by atoms with Crippen molar-refractivity contribution in [2.45, 2.75) is 19.4 Å². The van der Waals surface area contributed by atoms with E-state index in [-0.39, 0.29) is 43.3 Å². The molecule has 0 bridgehead atoms. The molecule has 1 heterocycles. The number of carbonyl (C=O) groups excluding carboxylic acids is 2. The van der Waals surface area contributed by atoms with E-state index in [0.29, 0.717) is 5.56 Å². The number of benzene rings is 2. The van der Waals surface area contributed by atoms with Crippen LogP contribution in [0, 0.1) is 5.82 Å². The molecule has 2 N–H and O–H groups in total. The fraction of sp³-hybridized carbons (Fsp3) is 0.304. The van der Waals surface area contributed by atoms with Gasteiger partial charge in [0.05, 0.1) is 31.4 Å². The van der Waals surface area contributed by atoms with E-state index in [2.05, 4.69) is 0 Å². The van der Waals surface area contributed by atoms with Gasteiger partial charge in [0.2, 0.25) is 0 Å². The molecule has 30 heavy (non-hydrogen) atoms. The number of halogens is 1. The predicted molar refractivity (Wildman–Crippen MR) is 109 cm³/mol. The number of amides is 1. The summed E-state index contributed by atoms with van der Waals surface area (Å²) in [7, 11) is 0. The van der Waals surface area contributed by atoms with Gasteiger partial charge in [0.1, 0.15) is 11.6 Å². The highest BCUT2D eigenvalue weighted by Crippen LogP contribution is 2.39. The predicted octanol–water partition coefficient (Wildman–Crippen LogP) is 2.82. The first-order valence-electron chi connectivity index (χ1n) is 9.79. The molecule has 1 saturated heterocycles. The van der Waals surface area contributed by atoms with E-state index in [1.165, 1.54) is 29.2 Å². The fourth-order valence-corrected chi connectivity index (χ4v) is 3.49. The van der Waals surface area contributed by atoms with Crippen LogP contribution in [-0.4, -0.2) is 53.2 Å². The maximum atomic E-state index is 13.3. The van der Waals surface area contributed by atoms with Crippen LogP contribution in [0.4, 0.5) is 4.39 Å². The summed E-state index contributed by atoms with van der Waals surface area (Å²) >= 11 is 0. The van der Waals surface area contributed by atoms with Crippen molar-refractivity contribution in [3.63, 3.8) is 0 Å². The van der Waals surface area contributed by atoms with E-state index >= 15 is 0 Å². The maximum Gasteiger partial charge on any atom is 0.295 e. The van der Waals surface area contributed by atoms with Crippen molar-refractivity contribution in [2.75, 3.05) is 26.4 Å². The smallest absolute Gasteiger partial charge is 0.295 e. The van der Waals surface area contributed by atoms with E-state index in [9.17, 15) is 19.1 Å². The molecular weight excluding hydrogens is 389 g/mol. The lowest BCUT2D eigenvalue weighted by Crippen LogP contribution is -2.33. The van der Waals surface area contributed by atoms with Crippen molar-refractivity contribution in [2.24, 2.45) is 0 Å². The molecule has 0 spiro atoms. The Bertz CT molecular complexity index is 937. The van der Waals surface area contributed by atoms with E-state index in [0.717, 1.165) is 12.0 Å². The van der Waals surface area contributed by atoms with Gasteiger partial charge < -0.3 is 19.8 Å². The van der Waals surface area contributed by atoms with Crippen LogP contribution in [0.3, 0.4) is 0 Å². The Morgan fingerprint density at radius 3 is 2.33 bits per heavy atom. The minimum Gasteiger partial charge on any atom is -0.507 e. The number of hydrogen-bond acceptors (Lipinski definition) is 5. The van der Waals surface area contributed by atoms with E-state index in [1.54, 1.807) is 0 Å². The lowest BCUT2D eigenvalue weighted by molar-refractivity contribution is -0.140. The second kappa shape index (κ2) is 9.65. The van der Waals surface area contributed by atoms with Gasteiger partial charge in [-0.1, -0.05) is 31.2 Å². The number of hydrogen-bond donors (Lipinski definition) is 2. The molecule has 0 saturated carbocycles. The van der Waals surface area contributed by atoms with Gasteiger partial charge in [-0.2, -0.15) is 0 Å². The number of rotatable bonds is 8. The number of nitrogens with zero attached hydrogens (tertiary/aromatic N) is 1. The molecule has 0 radical (unpaired) electrons. The Hall–Kier alpha value is -3.03. The van der Waals surface area contributed by atoms with Crippen LogP contribution in [0.25, 0.3) is 5.76 Å². The summed E-state index contributed by atoms with van der Waals surface area (Å²) in [5.74, 6) is -2.36. The average molecular weight is 413 g/mol. The standard InChI is InChI=1S/C23H24FNO5/c1-2-15-3-5-16(6-4-15)20-19(21(27)17-7-9-18(24)10-8-17)22(28)23(29)25(20)11-13-30-14-12-26/h3-10,20,26-27H,2,11-14H2,1H3/b21-19+. The monoisotopic (exact) mass is 413 g/mol. The fourth-order valence-electron chi connectivity index (χ4n) is 3.49. The molecule has 7 heteroatoms. The highest BCUT2D eigenvalue weighted by atomic mass is 19.1. The van der Waals surface area contributed by atoms with Gasteiger partial charge in [-0.3, -0.25) is 9.59 Å². The first-order valence-corrected chi connectivity index (χ1v) is 9.79. The van der Waals surface area contributed by atoms with Crippen LogP contribution >= 0.6 is 0 Å². The zero-order chi connectivity index (χ0) is 21.7. The number of carbonyl (C=O) groups is 2. The summed E-state index contributed by atoms with van der Waals surface area (Å²) in [5.41, 5.74) is 1.98. The quantitative estimate of drug-likeness (QED) is 0.301. The van der Waals surface area contributed by atoms with Crippen LogP contribution < -0.4 is 0 Å². The largest absolute Gasteiger partial charge is 0.507 e. The Morgan fingerprint density at radius 2 is 1.73 bits per heavy atom. The van der Waals surface area contributed by atoms with Crippen molar-refractivity contribution in [1.82, 2.24) is 4.90 Å². The number of aliphatic hydroxyl groups is 2. The third kappa shape index (κ3) is 4.42. The van der Waals surface area contributed by atoms with E-state index in [4.69, 9.17) is 9.84 Å². The van der Waals surface area contributed by atoms with Gasteiger partial charge in [-0.05, 0) is 41.8 Å². The second-order valence-corrected chi connectivity index (χ2v) is 6.93. The summed E-state index contributed by atoms with van der Waals surface area (Å²) < 4.78 is 18.6. The third-order valence-corrected chi connectivity index (χ3v) is 5.07. The minimum atomic E-state index is -0.802. The Balaban J connectivity index is 2.05. The Morgan fingerprint density at radius 1 is 1.07 bits per heavy atom. The van der Waals surface area contributed by atoms with Crippen LogP contribution in [0.15, 0.2) is 54.1 Å². The summed E-state index contributed by atoms with van der Waals surface area (Å²) in [5, 5.41) is 19.7. The molecule has 1 unspecified atom stereocenters. The maximum absolute atomic E-state index is 13.3. The molecule has 0 aliphatic carbocycles. The molecular formula is C23H24FNO5. The summed E-state index contributed by atoms with van der Waals surface area (Å²) in [4.78, 5) is 26.9. The number of ether oxygens (including phenoxy) is 1. The molecule has 1 atom stereocenters. The van der Waals surface area contributed by atoms with Crippen molar-refractivity contribution in [3.8, 4) is 0 Å². The molecule has 1 fully saturated rings. The molecule has 2 aromatic carbocycles. The van der Waals surface area contributed by atoms with Gasteiger partial charge in [-0.15, -0.1) is 0 Å². The van der Waals surface area contributed by atoms with Crippen molar-refractivity contribution in [1.29, 1.82) is 0 Å². The third-order valence-electron chi connectivity index (χ3n) is 5.07. The van der Waals surface area contributed by atoms with Gasteiger partial charge in [-0.25, -0.2) is 4.39 Å². The van der Waals surface area contributed by atoms with Crippen molar-refractivity contribution >= 4 is 17.4 Å². The lowest BCUT2D eigenvalue weighted by Gasteiger charge is -2.25. The first-order chi connectivity index (χ1) is 14.5. The molecule has 1 amide bonds. The molecule has 6 nitrogen and oxygen atoms in total. The molecule has 1 aliphatic rings. The first kappa shape index (κ1) is 21.7. The second-order valence-electron chi connectivity index (χ2n) is 6.93. The SMILES string of the molecule is CCc1ccc(C2/C(=C(\O)c3ccc(F)cc3)C(=O)C(=O)N2CCOCCO)cc1. The van der Waals surface area contributed by atoms with Gasteiger partial charge in [0.15, 0.2) is 0 Å². The van der Waals surface area contributed by atoms with Gasteiger partial charge in [0.25, 0.3) is 11.7 Å². The lowest BCUT2D eigenvalue weighted by atomic mass is 9.94. The van der Waals surface area contributed by atoms with Crippen LogP contribution in [-0.2, 0) is 20.7 Å². The number of aliphatic hydroxyl groups excluding tert-OH is 2.